The van der Waals surface area contributed by atoms with E-state index in [1.54, 1.807) is 10.4 Å². The van der Waals surface area contributed by atoms with Crippen LogP contribution >= 0.6 is 11.3 Å². The minimum atomic E-state index is -3.55. The normalized spacial score (nSPS) is 23.7. The molecule has 1 aromatic heterocycles. The predicted molar refractivity (Wildman–Crippen MR) is 109 cm³/mol. The Hall–Kier alpha value is -1.96. The number of carbonyl (C=O) groups is 1. The molecule has 2 unspecified atom stereocenters. The van der Waals surface area contributed by atoms with Gasteiger partial charge in [-0.2, -0.15) is 4.31 Å². The number of rotatable bonds is 5. The molecule has 2 heterocycles. The van der Waals surface area contributed by atoms with Gasteiger partial charge in [-0.1, -0.05) is 50.8 Å². The maximum absolute atomic E-state index is 13.1. The van der Waals surface area contributed by atoms with Crippen molar-refractivity contribution in [2.75, 3.05) is 13.1 Å². The van der Waals surface area contributed by atoms with Gasteiger partial charge in [0, 0.05) is 24.0 Å². The van der Waals surface area contributed by atoms with Crippen LogP contribution in [0.1, 0.15) is 13.8 Å². The average Bonchev–Trinajstić information content (AvgIpc) is 3.16. The van der Waals surface area contributed by atoms with Crippen LogP contribution in [-0.4, -0.2) is 37.8 Å². The van der Waals surface area contributed by atoms with Crippen LogP contribution in [0.25, 0.3) is 10.4 Å². The maximum Gasteiger partial charge on any atom is 0.252 e. The minimum Gasteiger partial charge on any atom is -0.349 e. The van der Waals surface area contributed by atoms with Crippen LogP contribution in [0.3, 0.4) is 0 Å². The van der Waals surface area contributed by atoms with Gasteiger partial charge in [0.25, 0.3) is 10.0 Å². The Morgan fingerprint density at radius 2 is 1.78 bits per heavy atom. The van der Waals surface area contributed by atoms with Gasteiger partial charge in [0.15, 0.2) is 0 Å². The van der Waals surface area contributed by atoms with Crippen molar-refractivity contribution in [1.82, 2.24) is 9.62 Å². The van der Waals surface area contributed by atoms with Crippen LogP contribution < -0.4 is 5.32 Å². The van der Waals surface area contributed by atoms with E-state index in [2.05, 4.69) is 11.9 Å². The van der Waals surface area contributed by atoms with Crippen LogP contribution in [-0.2, 0) is 14.8 Å². The second kappa shape index (κ2) is 7.96. The molecule has 2 atom stereocenters. The summed E-state index contributed by atoms with van der Waals surface area (Å²) in [6, 6.07) is 13.2. The molecular formula is C20H24N2O3S2. The summed E-state index contributed by atoms with van der Waals surface area (Å²) in [5.41, 5.74) is 1.01. The lowest BCUT2D eigenvalue weighted by molar-refractivity contribution is -0.118. The zero-order valence-corrected chi connectivity index (χ0v) is 17.1. The van der Waals surface area contributed by atoms with Crippen molar-refractivity contribution >= 4 is 27.3 Å². The summed E-state index contributed by atoms with van der Waals surface area (Å²) >= 11 is 1.29. The molecule has 0 radical (unpaired) electrons. The molecule has 0 spiro atoms. The Morgan fingerprint density at radius 1 is 1.15 bits per heavy atom. The number of piperidine rings is 1. The topological polar surface area (TPSA) is 66.5 Å². The van der Waals surface area contributed by atoms with E-state index in [1.807, 2.05) is 50.2 Å². The largest absolute Gasteiger partial charge is 0.349 e. The highest BCUT2D eigenvalue weighted by Gasteiger charge is 2.38. The molecule has 5 nitrogen and oxygen atoms in total. The van der Waals surface area contributed by atoms with Crippen molar-refractivity contribution in [3.63, 3.8) is 0 Å². The molecule has 3 rings (SSSR count). The Balaban J connectivity index is 1.79. The van der Waals surface area contributed by atoms with Crippen LogP contribution in [0.15, 0.2) is 59.3 Å². The van der Waals surface area contributed by atoms with Crippen molar-refractivity contribution in [2.45, 2.75) is 24.1 Å². The number of nitrogens with one attached hydrogen (secondary N) is 1. The third-order valence-corrected chi connectivity index (χ3v) is 8.37. The number of hydrogen-bond acceptors (Lipinski definition) is 4. The first-order valence-electron chi connectivity index (χ1n) is 8.91. The monoisotopic (exact) mass is 404 g/mol. The first-order chi connectivity index (χ1) is 12.8. The highest BCUT2D eigenvalue weighted by atomic mass is 32.2. The third kappa shape index (κ3) is 4.15. The van der Waals surface area contributed by atoms with Crippen molar-refractivity contribution in [3.05, 3.63) is 55.1 Å². The molecule has 144 valence electrons. The molecule has 27 heavy (non-hydrogen) atoms. The first kappa shape index (κ1) is 19.8. The molecule has 1 aliphatic rings. The fourth-order valence-electron chi connectivity index (χ4n) is 3.55. The molecular weight excluding hydrogens is 380 g/mol. The Labute approximate surface area is 164 Å². The Bertz CT molecular complexity index is 910. The molecule has 1 amide bonds. The van der Waals surface area contributed by atoms with E-state index in [0.717, 1.165) is 10.4 Å². The quantitative estimate of drug-likeness (QED) is 0.777. The van der Waals surface area contributed by atoms with Crippen molar-refractivity contribution in [2.24, 2.45) is 11.8 Å². The molecule has 0 bridgehead atoms. The third-order valence-electron chi connectivity index (χ3n) is 4.94. The predicted octanol–water partition coefficient (Wildman–Crippen LogP) is 3.36. The molecule has 1 aromatic carbocycles. The van der Waals surface area contributed by atoms with Crippen molar-refractivity contribution < 1.29 is 13.2 Å². The van der Waals surface area contributed by atoms with Gasteiger partial charge in [0.2, 0.25) is 5.91 Å². The van der Waals surface area contributed by atoms with Gasteiger partial charge in [0.1, 0.15) is 4.21 Å². The average molecular weight is 405 g/mol. The van der Waals surface area contributed by atoms with Crippen LogP contribution in [0.2, 0.25) is 0 Å². The molecule has 0 aliphatic carbocycles. The van der Waals surface area contributed by atoms with E-state index in [0.29, 0.717) is 17.3 Å². The van der Waals surface area contributed by atoms with Gasteiger partial charge in [-0.25, -0.2) is 8.42 Å². The second-order valence-corrected chi connectivity index (χ2v) is 10.2. The van der Waals surface area contributed by atoms with E-state index < -0.39 is 10.0 Å². The van der Waals surface area contributed by atoms with Crippen LogP contribution in [0.5, 0.6) is 0 Å². The standard InChI is InChI=1S/C20H24N2O3S2/c1-4-18(23)21-20-14(2)12-22(13-15(20)3)27(24,25)19-11-10-17(26-19)16-8-6-5-7-9-16/h4-11,14-15,20H,1,12-13H2,2-3H3,(H,21,23). The van der Waals surface area contributed by atoms with Gasteiger partial charge in [0.05, 0.1) is 0 Å². The highest BCUT2D eigenvalue weighted by Crippen LogP contribution is 2.34. The van der Waals surface area contributed by atoms with E-state index in [4.69, 9.17) is 0 Å². The number of amides is 1. The molecule has 2 aromatic rings. The number of nitrogens with zero attached hydrogens (tertiary/aromatic N) is 1. The lowest BCUT2D eigenvalue weighted by Gasteiger charge is -2.40. The summed E-state index contributed by atoms with van der Waals surface area (Å²) in [6.07, 6.45) is 1.25. The fourth-order valence-corrected chi connectivity index (χ4v) is 6.66. The summed E-state index contributed by atoms with van der Waals surface area (Å²) < 4.78 is 28.2. The van der Waals surface area contributed by atoms with Gasteiger partial charge in [-0.15, -0.1) is 11.3 Å². The van der Waals surface area contributed by atoms with Gasteiger partial charge >= 0.3 is 0 Å². The van der Waals surface area contributed by atoms with Gasteiger partial charge in [-0.3, -0.25) is 4.79 Å². The van der Waals surface area contributed by atoms with E-state index in [9.17, 15) is 13.2 Å². The van der Waals surface area contributed by atoms with Crippen molar-refractivity contribution in [3.8, 4) is 10.4 Å². The summed E-state index contributed by atoms with van der Waals surface area (Å²) in [5.74, 6) is -0.192. The lowest BCUT2D eigenvalue weighted by Crippen LogP contribution is -2.55. The van der Waals surface area contributed by atoms with E-state index in [-0.39, 0.29) is 23.8 Å². The van der Waals surface area contributed by atoms with Gasteiger partial charge < -0.3 is 5.32 Å². The smallest absolute Gasteiger partial charge is 0.252 e. The molecule has 1 aliphatic heterocycles. The molecule has 1 fully saturated rings. The first-order valence-corrected chi connectivity index (χ1v) is 11.2. The highest BCUT2D eigenvalue weighted by molar-refractivity contribution is 7.91. The van der Waals surface area contributed by atoms with Crippen LogP contribution in [0, 0.1) is 11.8 Å². The summed E-state index contributed by atoms with van der Waals surface area (Å²) in [5, 5.41) is 2.93. The summed E-state index contributed by atoms with van der Waals surface area (Å²) in [6.45, 7) is 8.18. The SMILES string of the molecule is C=CC(=O)NC1C(C)CN(S(=O)(=O)c2ccc(-c3ccccc3)s2)CC1C. The zero-order chi connectivity index (χ0) is 19.6. The number of carbonyl (C=O) groups excluding carboxylic acids is 1. The van der Waals surface area contributed by atoms with E-state index in [1.165, 1.54) is 17.4 Å². The van der Waals surface area contributed by atoms with E-state index >= 15 is 0 Å². The van der Waals surface area contributed by atoms with Gasteiger partial charge in [-0.05, 0) is 35.6 Å². The minimum absolute atomic E-state index is 0.0148. The fraction of sp³-hybridized carbons (Fsp3) is 0.350. The second-order valence-electron chi connectivity index (χ2n) is 7.00. The number of benzene rings is 1. The Morgan fingerprint density at radius 3 is 2.37 bits per heavy atom. The lowest BCUT2D eigenvalue weighted by atomic mass is 9.87. The number of hydrogen-bond donors (Lipinski definition) is 1. The zero-order valence-electron chi connectivity index (χ0n) is 15.5. The molecule has 7 heteroatoms. The summed E-state index contributed by atoms with van der Waals surface area (Å²) in [4.78, 5) is 12.6. The Kier molecular flexibility index (Phi) is 5.83. The number of thiophene rings is 1. The van der Waals surface area contributed by atoms with Crippen LogP contribution in [0.4, 0.5) is 0 Å². The maximum atomic E-state index is 13.1. The molecule has 1 saturated heterocycles. The molecule has 1 N–H and O–H groups in total. The summed E-state index contributed by atoms with van der Waals surface area (Å²) in [7, 11) is -3.55. The number of sulfonamides is 1. The van der Waals surface area contributed by atoms with Crippen molar-refractivity contribution in [1.29, 1.82) is 0 Å². The molecule has 0 saturated carbocycles.